The molecule has 0 fully saturated rings. The Morgan fingerprint density at radius 2 is 1.67 bits per heavy atom. The molecule has 11 nitrogen and oxygen atoms in total. The van der Waals surface area contributed by atoms with Gasteiger partial charge in [-0.15, -0.1) is 0 Å². The molecule has 0 unspecified atom stereocenters. The Labute approximate surface area is 246 Å². The number of benzene rings is 3. The lowest BCUT2D eigenvalue weighted by Gasteiger charge is -2.34. The topological polar surface area (TPSA) is 139 Å². The number of hydrogen-bond donors (Lipinski definition) is 1. The molecule has 3 aromatic carbocycles. The molecule has 3 rings (SSSR count). The van der Waals surface area contributed by atoms with Crippen LogP contribution in [0.3, 0.4) is 0 Å². The molecular weight excluding hydrogens is 560 g/mol. The molecule has 2 amide bonds. The molecule has 2 atom stereocenters. The molecule has 0 saturated carbocycles. The average molecular weight is 597 g/mol. The lowest BCUT2D eigenvalue weighted by molar-refractivity contribution is -0.384. The van der Waals surface area contributed by atoms with E-state index in [0.717, 1.165) is 22.2 Å². The second-order valence-corrected chi connectivity index (χ2v) is 11.8. The van der Waals surface area contributed by atoms with Crippen LogP contribution in [-0.4, -0.2) is 62.0 Å². The number of ether oxygens (including phenoxy) is 1. The van der Waals surface area contributed by atoms with E-state index in [9.17, 15) is 28.1 Å². The number of nitro groups is 1. The first-order valence-corrected chi connectivity index (χ1v) is 15.3. The van der Waals surface area contributed by atoms with E-state index in [1.807, 2.05) is 44.2 Å². The molecule has 0 aliphatic carbocycles. The Kier molecular flexibility index (Phi) is 11.0. The molecule has 0 bridgehead atoms. The number of sulfonamides is 1. The van der Waals surface area contributed by atoms with Gasteiger partial charge >= 0.3 is 0 Å². The Hall–Kier alpha value is -4.45. The monoisotopic (exact) mass is 596 g/mol. The van der Waals surface area contributed by atoms with Crippen molar-refractivity contribution in [1.29, 1.82) is 0 Å². The number of hydrogen-bond acceptors (Lipinski definition) is 7. The molecule has 0 spiro atoms. The minimum Gasteiger partial charge on any atom is -0.497 e. The van der Waals surface area contributed by atoms with Crippen molar-refractivity contribution in [2.75, 3.05) is 24.2 Å². The van der Waals surface area contributed by atoms with Crippen molar-refractivity contribution < 1.29 is 27.7 Å². The Morgan fingerprint density at radius 1 is 1.00 bits per heavy atom. The van der Waals surface area contributed by atoms with Crippen LogP contribution in [0.5, 0.6) is 5.75 Å². The number of rotatable bonds is 14. The molecule has 0 aliphatic heterocycles. The zero-order chi connectivity index (χ0) is 30.9. The first-order valence-electron chi connectivity index (χ1n) is 13.4. The summed E-state index contributed by atoms with van der Waals surface area (Å²) in [4.78, 5) is 39.9. The van der Waals surface area contributed by atoms with E-state index in [1.54, 1.807) is 24.3 Å². The van der Waals surface area contributed by atoms with Gasteiger partial charge in [0.15, 0.2) is 0 Å². The molecule has 12 heteroatoms. The predicted octanol–water partition coefficient (Wildman–Crippen LogP) is 3.92. The molecule has 224 valence electrons. The summed E-state index contributed by atoms with van der Waals surface area (Å²) < 4.78 is 31.9. The minimum absolute atomic E-state index is 0.0198. The van der Waals surface area contributed by atoms with Crippen molar-refractivity contribution in [3.63, 3.8) is 0 Å². The number of non-ortho nitro benzene ring substituents is 1. The zero-order valence-corrected chi connectivity index (χ0v) is 24.9. The van der Waals surface area contributed by atoms with E-state index in [1.165, 1.54) is 30.2 Å². The molecule has 0 aromatic heterocycles. The molecule has 0 heterocycles. The van der Waals surface area contributed by atoms with Crippen molar-refractivity contribution in [2.24, 2.45) is 0 Å². The first kappa shape index (κ1) is 32.1. The van der Waals surface area contributed by atoms with Crippen LogP contribution in [-0.2, 0) is 32.6 Å². The highest BCUT2D eigenvalue weighted by atomic mass is 32.2. The Morgan fingerprint density at radius 3 is 2.29 bits per heavy atom. The van der Waals surface area contributed by atoms with Crippen molar-refractivity contribution in [3.8, 4) is 5.75 Å². The van der Waals surface area contributed by atoms with Gasteiger partial charge < -0.3 is 15.0 Å². The molecule has 3 aromatic rings. The van der Waals surface area contributed by atoms with Crippen LogP contribution in [0, 0.1) is 10.1 Å². The molecule has 0 saturated heterocycles. The van der Waals surface area contributed by atoms with Gasteiger partial charge in [-0.2, -0.15) is 0 Å². The molecule has 42 heavy (non-hydrogen) atoms. The predicted molar refractivity (Wildman–Crippen MR) is 161 cm³/mol. The fraction of sp³-hybridized carbons (Fsp3) is 0.333. The van der Waals surface area contributed by atoms with Gasteiger partial charge in [0.25, 0.3) is 5.69 Å². The summed E-state index contributed by atoms with van der Waals surface area (Å²) in [5.74, 6) is -0.487. The number of methoxy groups -OCH3 is 1. The van der Waals surface area contributed by atoms with Crippen LogP contribution in [0.1, 0.15) is 31.4 Å². The summed E-state index contributed by atoms with van der Waals surface area (Å²) in [6.45, 7) is 3.10. The van der Waals surface area contributed by atoms with E-state index in [-0.39, 0.29) is 36.3 Å². The summed E-state index contributed by atoms with van der Waals surface area (Å²) in [5, 5.41) is 14.3. The zero-order valence-electron chi connectivity index (χ0n) is 24.1. The smallest absolute Gasteiger partial charge is 0.271 e. The van der Waals surface area contributed by atoms with Gasteiger partial charge in [0.1, 0.15) is 18.3 Å². The van der Waals surface area contributed by atoms with Crippen LogP contribution in [0.15, 0.2) is 78.9 Å². The summed E-state index contributed by atoms with van der Waals surface area (Å²) in [7, 11) is -2.54. The number of amides is 2. The van der Waals surface area contributed by atoms with Gasteiger partial charge in [-0.3, -0.25) is 24.0 Å². The van der Waals surface area contributed by atoms with Gasteiger partial charge in [0, 0.05) is 31.1 Å². The third-order valence-electron chi connectivity index (χ3n) is 6.77. The maximum Gasteiger partial charge on any atom is 0.271 e. The SMILES string of the molecule is CC[C@@H](C)NC(=O)[C@H](Cc1ccccc1)N(Cc1cccc(OC)c1)C(=O)CN(c1cccc([N+](=O)[O-])c1)S(C)(=O)=O. The fourth-order valence-corrected chi connectivity index (χ4v) is 5.18. The van der Waals surface area contributed by atoms with Crippen molar-refractivity contribution in [2.45, 2.75) is 45.3 Å². The normalized spacial score (nSPS) is 12.6. The van der Waals surface area contributed by atoms with Crippen molar-refractivity contribution in [3.05, 3.63) is 100 Å². The number of anilines is 1. The van der Waals surface area contributed by atoms with Gasteiger partial charge in [-0.25, -0.2) is 8.42 Å². The van der Waals surface area contributed by atoms with Gasteiger partial charge in [-0.05, 0) is 42.7 Å². The highest BCUT2D eigenvalue weighted by molar-refractivity contribution is 7.92. The lowest BCUT2D eigenvalue weighted by atomic mass is 10.0. The minimum atomic E-state index is -4.06. The maximum atomic E-state index is 14.1. The summed E-state index contributed by atoms with van der Waals surface area (Å²) >= 11 is 0. The third kappa shape index (κ3) is 8.77. The lowest BCUT2D eigenvalue weighted by Crippen LogP contribution is -2.54. The molecule has 0 aliphatic rings. The summed E-state index contributed by atoms with van der Waals surface area (Å²) in [6.07, 6.45) is 1.76. The van der Waals surface area contributed by atoms with Crippen LogP contribution < -0.4 is 14.4 Å². The largest absolute Gasteiger partial charge is 0.497 e. The van der Waals surface area contributed by atoms with E-state index in [4.69, 9.17) is 4.74 Å². The van der Waals surface area contributed by atoms with Gasteiger partial charge in [0.2, 0.25) is 21.8 Å². The standard InChI is InChI=1S/C30H36N4O7S/c1-5-22(2)31-30(36)28(18-23-11-7-6-8-12-23)32(20-24-13-9-16-27(17-24)41-3)29(35)21-33(42(4,39)40)25-14-10-15-26(19-25)34(37)38/h6-17,19,22,28H,5,18,20-21H2,1-4H3,(H,31,36)/t22-,28+/m1/s1. The summed E-state index contributed by atoms with van der Waals surface area (Å²) in [5.41, 5.74) is 1.11. The number of nitrogens with one attached hydrogen (secondary N) is 1. The van der Waals surface area contributed by atoms with Crippen molar-refractivity contribution >= 4 is 33.2 Å². The van der Waals surface area contributed by atoms with Crippen LogP contribution in [0.25, 0.3) is 0 Å². The quantitative estimate of drug-likeness (QED) is 0.220. The van der Waals surface area contributed by atoms with Crippen molar-refractivity contribution in [1.82, 2.24) is 10.2 Å². The number of carbonyl (C=O) groups is 2. The van der Waals surface area contributed by atoms with Crippen LogP contribution >= 0.6 is 0 Å². The fourth-order valence-electron chi connectivity index (χ4n) is 4.34. The second kappa shape index (κ2) is 14.4. The summed E-state index contributed by atoms with van der Waals surface area (Å²) in [6, 6.07) is 20.1. The van der Waals surface area contributed by atoms with E-state index in [2.05, 4.69) is 5.32 Å². The molecule has 1 N–H and O–H groups in total. The first-order chi connectivity index (χ1) is 19.9. The molecular formula is C30H36N4O7S. The van der Waals surface area contributed by atoms with E-state index in [0.29, 0.717) is 17.7 Å². The van der Waals surface area contributed by atoms with E-state index >= 15 is 0 Å². The Balaban J connectivity index is 2.09. The van der Waals surface area contributed by atoms with E-state index < -0.39 is 33.4 Å². The number of carbonyl (C=O) groups excluding carboxylic acids is 2. The molecule has 0 radical (unpaired) electrons. The van der Waals surface area contributed by atoms with Crippen LogP contribution in [0.4, 0.5) is 11.4 Å². The highest BCUT2D eigenvalue weighted by Gasteiger charge is 2.33. The van der Waals surface area contributed by atoms with Gasteiger partial charge in [-0.1, -0.05) is 55.5 Å². The van der Waals surface area contributed by atoms with Crippen LogP contribution in [0.2, 0.25) is 0 Å². The third-order valence-corrected chi connectivity index (χ3v) is 7.91. The van der Waals surface area contributed by atoms with Gasteiger partial charge in [0.05, 0.1) is 24.0 Å². The highest BCUT2D eigenvalue weighted by Crippen LogP contribution is 2.25. The number of nitrogens with zero attached hydrogens (tertiary/aromatic N) is 3. The Bertz CT molecular complexity index is 1500. The second-order valence-electron chi connectivity index (χ2n) is 9.94. The maximum absolute atomic E-state index is 14.1. The average Bonchev–Trinajstić information content (AvgIpc) is 2.97. The number of nitro benzene ring substituents is 1.